The number of ketones is 1. The molecule has 0 fully saturated rings. The first kappa shape index (κ1) is 23.9. The molecule has 30 heavy (non-hydrogen) atoms. The Morgan fingerprint density at radius 3 is 1.87 bits per heavy atom. The summed E-state index contributed by atoms with van der Waals surface area (Å²) in [5.74, 6) is 3.05. The lowest BCUT2D eigenvalue weighted by Gasteiger charge is -2.26. The highest BCUT2D eigenvalue weighted by atomic mass is 16.1. The lowest BCUT2D eigenvalue weighted by molar-refractivity contribution is -0.118. The second-order valence-corrected chi connectivity index (χ2v) is 9.08. The Bertz CT molecular complexity index is 803. The topological polar surface area (TPSA) is 17.1 Å². The molecular formula is C29H38O. The summed E-state index contributed by atoms with van der Waals surface area (Å²) in [7, 11) is 0. The quantitative estimate of drug-likeness (QED) is 0.249. The second-order valence-electron chi connectivity index (χ2n) is 9.08. The standard InChI is InChI=1S/C29H38O/c1-5-6-7-8-9-10-11-12-13-14-28(30)23-25-17-21-27(22-18-25)29(3,4)26-19-15-24(2)16-20-26/h1,15-22H,6-14,23H2,2-4H3. The number of rotatable bonds is 13. The number of aryl methyl sites for hydroxylation is 1. The molecule has 0 aromatic heterocycles. The molecule has 0 atom stereocenters. The Morgan fingerprint density at radius 1 is 0.800 bits per heavy atom. The van der Waals surface area contributed by atoms with Crippen LogP contribution < -0.4 is 0 Å². The zero-order chi connectivity index (χ0) is 21.8. The molecule has 0 heterocycles. The van der Waals surface area contributed by atoms with Gasteiger partial charge in [0.2, 0.25) is 0 Å². The molecule has 2 rings (SSSR count). The fourth-order valence-corrected chi connectivity index (χ4v) is 3.93. The molecule has 0 saturated heterocycles. The zero-order valence-corrected chi connectivity index (χ0v) is 19.2. The van der Waals surface area contributed by atoms with Crippen LogP contribution in [0, 0.1) is 19.3 Å². The Kier molecular flexibility index (Phi) is 9.88. The maximum absolute atomic E-state index is 12.3. The summed E-state index contributed by atoms with van der Waals surface area (Å²) in [4.78, 5) is 12.3. The van der Waals surface area contributed by atoms with Gasteiger partial charge in [0.05, 0.1) is 0 Å². The summed E-state index contributed by atoms with van der Waals surface area (Å²) >= 11 is 0. The minimum atomic E-state index is -0.0446. The third kappa shape index (κ3) is 7.83. The van der Waals surface area contributed by atoms with Gasteiger partial charge in [0.15, 0.2) is 0 Å². The molecule has 0 aliphatic rings. The van der Waals surface area contributed by atoms with E-state index in [0.717, 1.165) is 31.2 Å². The minimum Gasteiger partial charge on any atom is -0.299 e. The van der Waals surface area contributed by atoms with E-state index in [1.54, 1.807) is 0 Å². The van der Waals surface area contributed by atoms with Gasteiger partial charge in [0, 0.05) is 24.7 Å². The number of hydrogen-bond donors (Lipinski definition) is 0. The highest BCUT2D eigenvalue weighted by Crippen LogP contribution is 2.31. The molecule has 0 amide bonds. The van der Waals surface area contributed by atoms with E-state index in [1.165, 1.54) is 42.4 Å². The summed E-state index contributed by atoms with van der Waals surface area (Å²) < 4.78 is 0. The van der Waals surface area contributed by atoms with Crippen molar-refractivity contribution in [3.63, 3.8) is 0 Å². The largest absolute Gasteiger partial charge is 0.299 e. The van der Waals surface area contributed by atoms with Crippen LogP contribution in [0.3, 0.4) is 0 Å². The molecule has 0 bridgehead atoms. The summed E-state index contributed by atoms with van der Waals surface area (Å²) in [6.45, 7) is 6.63. The number of benzene rings is 2. The zero-order valence-electron chi connectivity index (χ0n) is 19.2. The first-order chi connectivity index (χ1) is 14.4. The number of Topliss-reactive ketones (excluding diaryl/α,β-unsaturated/α-hetero) is 1. The molecular weight excluding hydrogens is 364 g/mol. The van der Waals surface area contributed by atoms with Gasteiger partial charge in [-0.1, -0.05) is 100 Å². The third-order valence-corrected chi connectivity index (χ3v) is 6.13. The maximum Gasteiger partial charge on any atom is 0.137 e. The van der Waals surface area contributed by atoms with Crippen molar-refractivity contribution >= 4 is 5.78 Å². The molecule has 1 heteroatoms. The van der Waals surface area contributed by atoms with Gasteiger partial charge in [-0.15, -0.1) is 12.3 Å². The van der Waals surface area contributed by atoms with Gasteiger partial charge in [-0.05, 0) is 36.5 Å². The normalized spacial score (nSPS) is 11.3. The van der Waals surface area contributed by atoms with Crippen LogP contribution in [-0.4, -0.2) is 5.78 Å². The summed E-state index contributed by atoms with van der Waals surface area (Å²) in [6.07, 6.45) is 15.7. The van der Waals surface area contributed by atoms with Crippen molar-refractivity contribution in [2.45, 2.75) is 90.4 Å². The van der Waals surface area contributed by atoms with Crippen molar-refractivity contribution in [3.05, 3.63) is 70.8 Å². The van der Waals surface area contributed by atoms with Gasteiger partial charge < -0.3 is 0 Å². The van der Waals surface area contributed by atoms with Crippen molar-refractivity contribution in [2.24, 2.45) is 0 Å². The molecule has 160 valence electrons. The van der Waals surface area contributed by atoms with Crippen molar-refractivity contribution in [1.29, 1.82) is 0 Å². The Morgan fingerprint density at radius 2 is 1.30 bits per heavy atom. The highest BCUT2D eigenvalue weighted by molar-refractivity contribution is 5.80. The van der Waals surface area contributed by atoms with Crippen LogP contribution in [0.5, 0.6) is 0 Å². The average molecular weight is 403 g/mol. The highest BCUT2D eigenvalue weighted by Gasteiger charge is 2.22. The van der Waals surface area contributed by atoms with Crippen molar-refractivity contribution in [3.8, 4) is 12.3 Å². The van der Waals surface area contributed by atoms with Crippen molar-refractivity contribution in [2.75, 3.05) is 0 Å². The number of carbonyl (C=O) groups excluding carboxylic acids is 1. The molecule has 0 aliphatic heterocycles. The van der Waals surface area contributed by atoms with Crippen molar-refractivity contribution in [1.82, 2.24) is 0 Å². The van der Waals surface area contributed by atoms with Crippen LogP contribution in [0.1, 0.15) is 93.9 Å². The van der Waals surface area contributed by atoms with Crippen molar-refractivity contribution < 1.29 is 4.79 Å². The molecule has 0 N–H and O–H groups in total. The van der Waals surface area contributed by atoms with Crippen LogP contribution >= 0.6 is 0 Å². The van der Waals surface area contributed by atoms with Gasteiger partial charge in [-0.2, -0.15) is 0 Å². The summed E-state index contributed by atoms with van der Waals surface area (Å²) in [6, 6.07) is 17.4. The minimum absolute atomic E-state index is 0.0446. The van der Waals surface area contributed by atoms with Gasteiger partial charge in [0.25, 0.3) is 0 Å². The Labute approximate surface area is 184 Å². The molecule has 2 aromatic carbocycles. The molecule has 2 aromatic rings. The SMILES string of the molecule is C#CCCCCCCCCCC(=O)Cc1ccc(C(C)(C)c2ccc(C)cc2)cc1. The number of carbonyl (C=O) groups is 1. The van der Waals surface area contributed by atoms with E-state index in [0.29, 0.717) is 18.6 Å². The maximum atomic E-state index is 12.3. The van der Waals surface area contributed by atoms with E-state index in [-0.39, 0.29) is 5.41 Å². The first-order valence-electron chi connectivity index (χ1n) is 11.5. The van der Waals surface area contributed by atoms with Crippen LogP contribution in [0.2, 0.25) is 0 Å². The van der Waals surface area contributed by atoms with Crippen LogP contribution in [0.25, 0.3) is 0 Å². The number of unbranched alkanes of at least 4 members (excludes halogenated alkanes) is 7. The van der Waals surface area contributed by atoms with E-state index in [9.17, 15) is 4.79 Å². The predicted molar refractivity (Wildman–Crippen MR) is 129 cm³/mol. The number of terminal acetylenes is 1. The van der Waals surface area contributed by atoms with Gasteiger partial charge >= 0.3 is 0 Å². The summed E-state index contributed by atoms with van der Waals surface area (Å²) in [5.41, 5.74) is 4.95. The Balaban J connectivity index is 1.73. The van der Waals surface area contributed by atoms with E-state index < -0.39 is 0 Å². The fraction of sp³-hybridized carbons (Fsp3) is 0.483. The molecule has 1 nitrogen and oxygen atoms in total. The van der Waals surface area contributed by atoms with Crippen LogP contribution in [0.15, 0.2) is 48.5 Å². The van der Waals surface area contributed by atoms with E-state index in [4.69, 9.17) is 6.42 Å². The smallest absolute Gasteiger partial charge is 0.137 e. The van der Waals surface area contributed by atoms with Crippen LogP contribution in [0.4, 0.5) is 0 Å². The first-order valence-corrected chi connectivity index (χ1v) is 11.5. The fourth-order valence-electron chi connectivity index (χ4n) is 3.93. The summed E-state index contributed by atoms with van der Waals surface area (Å²) in [5, 5.41) is 0. The molecule has 0 aliphatic carbocycles. The molecule has 0 spiro atoms. The number of hydrogen-bond acceptors (Lipinski definition) is 1. The third-order valence-electron chi connectivity index (χ3n) is 6.13. The molecule has 0 radical (unpaired) electrons. The molecule has 0 unspecified atom stereocenters. The van der Waals surface area contributed by atoms with Crippen LogP contribution in [-0.2, 0) is 16.6 Å². The van der Waals surface area contributed by atoms with E-state index >= 15 is 0 Å². The predicted octanol–water partition coefficient (Wildman–Crippen LogP) is 7.58. The second kappa shape index (κ2) is 12.4. The lowest BCUT2D eigenvalue weighted by Crippen LogP contribution is -2.18. The van der Waals surface area contributed by atoms with Gasteiger partial charge in [0.1, 0.15) is 5.78 Å². The average Bonchev–Trinajstić information content (AvgIpc) is 2.73. The lowest BCUT2D eigenvalue weighted by atomic mass is 9.77. The van der Waals surface area contributed by atoms with E-state index in [2.05, 4.69) is 75.2 Å². The monoisotopic (exact) mass is 402 g/mol. The Hall–Kier alpha value is -2.33. The molecule has 0 saturated carbocycles. The van der Waals surface area contributed by atoms with Gasteiger partial charge in [-0.25, -0.2) is 0 Å². The van der Waals surface area contributed by atoms with Gasteiger partial charge in [-0.3, -0.25) is 4.79 Å². The van der Waals surface area contributed by atoms with E-state index in [1.807, 2.05) is 0 Å².